The maximum atomic E-state index is 12.6. The average Bonchev–Trinajstić information content (AvgIpc) is 2.71. The van der Waals surface area contributed by atoms with E-state index >= 15 is 0 Å². The Hall–Kier alpha value is -0.620. The van der Waals surface area contributed by atoms with Crippen LogP contribution in [0.1, 0.15) is 18.9 Å². The standard InChI is InChI=1S/C13H20N2O2S.ClH/c1-10-5-3-4-6-13(10)18(16,17)15-9-12(8-14)7-11(15)2;/h3-6,11-12H,7-9,14H2,1-2H3;1H. The highest BCUT2D eigenvalue weighted by atomic mass is 35.5. The van der Waals surface area contributed by atoms with Gasteiger partial charge in [0.15, 0.2) is 0 Å². The lowest BCUT2D eigenvalue weighted by Crippen LogP contribution is -2.34. The number of rotatable bonds is 3. The van der Waals surface area contributed by atoms with Crippen molar-refractivity contribution in [2.24, 2.45) is 11.7 Å². The van der Waals surface area contributed by atoms with E-state index in [1.165, 1.54) is 0 Å². The van der Waals surface area contributed by atoms with E-state index in [-0.39, 0.29) is 24.4 Å². The first-order valence-corrected chi connectivity index (χ1v) is 7.68. The first-order chi connectivity index (χ1) is 8.46. The van der Waals surface area contributed by atoms with Gasteiger partial charge in [-0.05, 0) is 44.4 Å². The summed E-state index contributed by atoms with van der Waals surface area (Å²) in [4.78, 5) is 0.412. The average molecular weight is 305 g/mol. The molecule has 108 valence electrons. The van der Waals surface area contributed by atoms with Crippen LogP contribution in [0.3, 0.4) is 0 Å². The monoisotopic (exact) mass is 304 g/mol. The summed E-state index contributed by atoms with van der Waals surface area (Å²) in [7, 11) is -3.38. The predicted molar refractivity (Wildman–Crippen MR) is 78.9 cm³/mol. The highest BCUT2D eigenvalue weighted by molar-refractivity contribution is 7.89. The smallest absolute Gasteiger partial charge is 0.243 e. The van der Waals surface area contributed by atoms with Gasteiger partial charge in [-0.2, -0.15) is 4.31 Å². The Morgan fingerprint density at radius 1 is 1.37 bits per heavy atom. The van der Waals surface area contributed by atoms with E-state index in [1.807, 2.05) is 26.0 Å². The summed E-state index contributed by atoms with van der Waals surface area (Å²) < 4.78 is 26.8. The van der Waals surface area contributed by atoms with Crippen LogP contribution in [0.5, 0.6) is 0 Å². The van der Waals surface area contributed by atoms with Crippen molar-refractivity contribution in [1.82, 2.24) is 4.31 Å². The van der Waals surface area contributed by atoms with Gasteiger partial charge in [0.1, 0.15) is 0 Å². The molecule has 1 aliphatic heterocycles. The molecule has 0 amide bonds. The van der Waals surface area contributed by atoms with Gasteiger partial charge in [0.25, 0.3) is 0 Å². The summed E-state index contributed by atoms with van der Waals surface area (Å²) >= 11 is 0. The number of aryl methyl sites for hydroxylation is 1. The number of nitrogens with zero attached hydrogens (tertiary/aromatic N) is 1. The van der Waals surface area contributed by atoms with Gasteiger partial charge in [-0.25, -0.2) is 8.42 Å². The molecule has 0 spiro atoms. The quantitative estimate of drug-likeness (QED) is 0.926. The summed E-state index contributed by atoms with van der Waals surface area (Å²) in [6.07, 6.45) is 0.849. The van der Waals surface area contributed by atoms with E-state index in [1.54, 1.807) is 16.4 Å². The van der Waals surface area contributed by atoms with Crippen LogP contribution in [-0.2, 0) is 10.0 Å². The van der Waals surface area contributed by atoms with Crippen molar-refractivity contribution >= 4 is 22.4 Å². The second-order valence-corrected chi connectivity index (χ2v) is 6.89. The number of nitrogens with two attached hydrogens (primary N) is 1. The van der Waals surface area contributed by atoms with Crippen LogP contribution < -0.4 is 5.73 Å². The highest BCUT2D eigenvalue weighted by Crippen LogP contribution is 2.29. The van der Waals surface area contributed by atoms with Gasteiger partial charge in [-0.1, -0.05) is 18.2 Å². The van der Waals surface area contributed by atoms with Crippen LogP contribution in [0.25, 0.3) is 0 Å². The molecule has 2 N–H and O–H groups in total. The molecule has 19 heavy (non-hydrogen) atoms. The molecule has 0 aliphatic carbocycles. The maximum absolute atomic E-state index is 12.6. The zero-order chi connectivity index (χ0) is 13.3. The number of sulfonamides is 1. The molecule has 1 aromatic rings. The first kappa shape index (κ1) is 16.4. The molecule has 1 fully saturated rings. The van der Waals surface area contributed by atoms with Gasteiger partial charge in [-0.3, -0.25) is 0 Å². The lowest BCUT2D eigenvalue weighted by atomic mass is 10.1. The first-order valence-electron chi connectivity index (χ1n) is 6.24. The van der Waals surface area contributed by atoms with Crippen molar-refractivity contribution in [2.75, 3.05) is 13.1 Å². The van der Waals surface area contributed by atoms with Crippen molar-refractivity contribution in [3.63, 3.8) is 0 Å². The fourth-order valence-corrected chi connectivity index (χ4v) is 4.53. The van der Waals surface area contributed by atoms with Crippen LogP contribution in [0.4, 0.5) is 0 Å². The third kappa shape index (κ3) is 3.11. The molecule has 0 saturated carbocycles. The van der Waals surface area contributed by atoms with Gasteiger partial charge in [0.05, 0.1) is 4.90 Å². The minimum atomic E-state index is -3.38. The van der Waals surface area contributed by atoms with E-state index < -0.39 is 10.0 Å². The van der Waals surface area contributed by atoms with Crippen LogP contribution in [-0.4, -0.2) is 31.9 Å². The largest absolute Gasteiger partial charge is 0.330 e. The van der Waals surface area contributed by atoms with E-state index in [0.29, 0.717) is 18.0 Å². The Labute approximate surface area is 121 Å². The van der Waals surface area contributed by atoms with Crippen molar-refractivity contribution in [1.29, 1.82) is 0 Å². The molecule has 6 heteroatoms. The van der Waals surface area contributed by atoms with Crippen molar-refractivity contribution < 1.29 is 8.42 Å². The van der Waals surface area contributed by atoms with Crippen LogP contribution in [0.2, 0.25) is 0 Å². The van der Waals surface area contributed by atoms with Gasteiger partial charge in [0, 0.05) is 12.6 Å². The van der Waals surface area contributed by atoms with E-state index in [9.17, 15) is 8.42 Å². The number of benzene rings is 1. The molecule has 2 rings (SSSR count). The summed E-state index contributed by atoms with van der Waals surface area (Å²) in [6, 6.07) is 7.15. The molecule has 4 nitrogen and oxygen atoms in total. The third-order valence-electron chi connectivity index (χ3n) is 3.62. The van der Waals surface area contributed by atoms with Gasteiger partial charge in [-0.15, -0.1) is 12.4 Å². The summed E-state index contributed by atoms with van der Waals surface area (Å²) in [5.41, 5.74) is 6.44. The minimum absolute atomic E-state index is 0. The van der Waals surface area contributed by atoms with Gasteiger partial charge in [0.2, 0.25) is 10.0 Å². The Kier molecular flexibility index (Phi) is 5.38. The fourth-order valence-electron chi connectivity index (χ4n) is 2.59. The van der Waals surface area contributed by atoms with Gasteiger partial charge < -0.3 is 5.73 Å². The summed E-state index contributed by atoms with van der Waals surface area (Å²) in [5.74, 6) is 0.277. The second kappa shape index (κ2) is 6.22. The minimum Gasteiger partial charge on any atom is -0.330 e. The molecule has 2 unspecified atom stereocenters. The van der Waals surface area contributed by atoms with Crippen LogP contribution >= 0.6 is 12.4 Å². The molecule has 1 aromatic carbocycles. The van der Waals surface area contributed by atoms with Crippen LogP contribution in [0.15, 0.2) is 29.2 Å². The lowest BCUT2D eigenvalue weighted by molar-refractivity contribution is 0.404. The number of hydrogen-bond donors (Lipinski definition) is 1. The normalized spacial score (nSPS) is 24.2. The molecule has 1 aliphatic rings. The lowest BCUT2D eigenvalue weighted by Gasteiger charge is -2.22. The Bertz CT molecular complexity index is 533. The Morgan fingerprint density at radius 3 is 2.53 bits per heavy atom. The fraction of sp³-hybridized carbons (Fsp3) is 0.538. The SMILES string of the molecule is Cc1ccccc1S(=O)(=O)N1CC(CN)CC1C.Cl. The van der Waals surface area contributed by atoms with E-state index in [2.05, 4.69) is 0 Å². The molecule has 1 saturated heterocycles. The zero-order valence-electron chi connectivity index (χ0n) is 11.2. The summed E-state index contributed by atoms with van der Waals surface area (Å²) in [5, 5.41) is 0. The van der Waals surface area contributed by atoms with Gasteiger partial charge >= 0.3 is 0 Å². The Balaban J connectivity index is 0.00000180. The van der Waals surface area contributed by atoms with Crippen molar-refractivity contribution in [3.05, 3.63) is 29.8 Å². The molecule has 0 aromatic heterocycles. The number of halogens is 1. The molecule has 1 heterocycles. The van der Waals surface area contributed by atoms with Crippen molar-refractivity contribution in [2.45, 2.75) is 31.2 Å². The molecule has 2 atom stereocenters. The molecule has 0 radical (unpaired) electrons. The maximum Gasteiger partial charge on any atom is 0.243 e. The van der Waals surface area contributed by atoms with Crippen molar-refractivity contribution in [3.8, 4) is 0 Å². The molecule has 0 bridgehead atoms. The van der Waals surface area contributed by atoms with Crippen LogP contribution in [0, 0.1) is 12.8 Å². The third-order valence-corrected chi connectivity index (χ3v) is 5.76. The predicted octanol–water partition coefficient (Wildman–Crippen LogP) is 1.77. The summed E-state index contributed by atoms with van der Waals surface area (Å²) in [6.45, 7) is 4.86. The second-order valence-electron chi connectivity index (χ2n) is 5.03. The van der Waals surface area contributed by atoms with E-state index in [0.717, 1.165) is 12.0 Å². The number of hydrogen-bond acceptors (Lipinski definition) is 3. The molecular weight excluding hydrogens is 284 g/mol. The molecular formula is C13H21ClN2O2S. The highest BCUT2D eigenvalue weighted by Gasteiger charge is 2.37. The zero-order valence-corrected chi connectivity index (χ0v) is 12.9. The topological polar surface area (TPSA) is 63.4 Å². The Morgan fingerprint density at radius 2 is 2.00 bits per heavy atom. The van der Waals surface area contributed by atoms with E-state index in [4.69, 9.17) is 5.73 Å².